The summed E-state index contributed by atoms with van der Waals surface area (Å²) < 4.78 is 5.19. The Kier molecular flexibility index (Phi) is 6.22. The Labute approximate surface area is 132 Å². The van der Waals surface area contributed by atoms with Crippen LogP contribution < -0.4 is 0 Å². The van der Waals surface area contributed by atoms with Gasteiger partial charge in [-0.2, -0.15) is 0 Å². The van der Waals surface area contributed by atoms with Gasteiger partial charge in [0.25, 0.3) is 0 Å². The number of rotatable bonds is 9. The Hall–Kier alpha value is -0.900. The van der Waals surface area contributed by atoms with Crippen molar-refractivity contribution in [3.05, 3.63) is 34.9 Å². The van der Waals surface area contributed by atoms with E-state index in [1.54, 1.807) is 19.2 Å². The first kappa shape index (κ1) is 16.5. The molecule has 1 aromatic rings. The molecule has 0 bridgehead atoms. The molecule has 3 nitrogen and oxygen atoms in total. The Bertz CT molecular complexity index is 474. The minimum atomic E-state index is 0.155. The van der Waals surface area contributed by atoms with Crippen molar-refractivity contribution in [1.82, 2.24) is 4.90 Å². The van der Waals surface area contributed by atoms with E-state index in [1.807, 2.05) is 12.1 Å². The number of carbonyl (C=O) groups is 1. The average molecular weight is 310 g/mol. The molecule has 0 saturated heterocycles. The number of ketones is 1. The maximum atomic E-state index is 12.3. The van der Waals surface area contributed by atoms with E-state index >= 15 is 0 Å². The van der Waals surface area contributed by atoms with Crippen LogP contribution in [0.15, 0.2) is 24.3 Å². The molecule has 21 heavy (non-hydrogen) atoms. The summed E-state index contributed by atoms with van der Waals surface area (Å²) in [7, 11) is 1.72. The molecular formula is C17H24ClNO2. The van der Waals surface area contributed by atoms with Gasteiger partial charge in [-0.15, -0.1) is 0 Å². The van der Waals surface area contributed by atoms with E-state index < -0.39 is 0 Å². The fraction of sp³-hybridized carbons (Fsp3) is 0.588. The molecule has 0 spiro atoms. The lowest BCUT2D eigenvalue weighted by atomic mass is 10.1. The normalized spacial score (nSPS) is 16.2. The first-order valence-corrected chi connectivity index (χ1v) is 8.01. The molecule has 0 heterocycles. The molecule has 0 aliphatic heterocycles. The molecule has 116 valence electrons. The zero-order chi connectivity index (χ0) is 15.2. The molecule has 4 heteroatoms. The molecule has 1 fully saturated rings. The predicted molar refractivity (Wildman–Crippen MR) is 86.0 cm³/mol. The van der Waals surface area contributed by atoms with Crippen LogP contribution in [0.25, 0.3) is 0 Å². The van der Waals surface area contributed by atoms with Crippen LogP contribution in [0.2, 0.25) is 5.02 Å². The second-order valence-corrected chi connectivity index (χ2v) is 6.23. The molecule has 1 aromatic carbocycles. The van der Waals surface area contributed by atoms with Crippen LogP contribution >= 0.6 is 11.6 Å². The number of ether oxygens (including phenoxy) is 1. The topological polar surface area (TPSA) is 29.5 Å². The summed E-state index contributed by atoms with van der Waals surface area (Å²) in [6.45, 7) is 4.64. The molecule has 0 amide bonds. The van der Waals surface area contributed by atoms with Crippen molar-refractivity contribution < 1.29 is 9.53 Å². The number of nitrogens with zero attached hydrogens (tertiary/aromatic N) is 1. The number of hydrogen-bond acceptors (Lipinski definition) is 3. The largest absolute Gasteiger partial charge is 0.383 e. The number of methoxy groups -OCH3 is 1. The quantitative estimate of drug-likeness (QED) is 0.652. The minimum absolute atomic E-state index is 0.155. The Morgan fingerprint density at radius 1 is 1.43 bits per heavy atom. The van der Waals surface area contributed by atoms with E-state index in [1.165, 1.54) is 12.8 Å². The zero-order valence-electron chi connectivity index (χ0n) is 12.8. The lowest BCUT2D eigenvalue weighted by Crippen LogP contribution is -2.38. The first-order chi connectivity index (χ1) is 10.1. The van der Waals surface area contributed by atoms with Crippen LogP contribution in [0.3, 0.4) is 0 Å². The fourth-order valence-electron chi connectivity index (χ4n) is 2.66. The zero-order valence-corrected chi connectivity index (χ0v) is 13.6. The lowest BCUT2D eigenvalue weighted by Gasteiger charge is -2.28. The summed E-state index contributed by atoms with van der Waals surface area (Å²) in [6.07, 6.45) is 3.15. The van der Waals surface area contributed by atoms with Gasteiger partial charge in [0, 0.05) is 43.2 Å². The van der Waals surface area contributed by atoms with Crippen LogP contribution in [0.1, 0.15) is 36.5 Å². The van der Waals surface area contributed by atoms with E-state index in [-0.39, 0.29) is 5.78 Å². The van der Waals surface area contributed by atoms with E-state index in [2.05, 4.69) is 11.8 Å². The van der Waals surface area contributed by atoms with Gasteiger partial charge in [-0.3, -0.25) is 9.69 Å². The third-order valence-corrected chi connectivity index (χ3v) is 4.47. The number of benzene rings is 1. The maximum absolute atomic E-state index is 12.3. The van der Waals surface area contributed by atoms with Crippen molar-refractivity contribution in [3.8, 4) is 0 Å². The van der Waals surface area contributed by atoms with E-state index in [9.17, 15) is 4.79 Å². The Morgan fingerprint density at radius 2 is 2.19 bits per heavy atom. The van der Waals surface area contributed by atoms with Gasteiger partial charge in [0.2, 0.25) is 0 Å². The highest BCUT2D eigenvalue weighted by atomic mass is 35.5. The summed E-state index contributed by atoms with van der Waals surface area (Å²) in [5, 5.41) is 0.614. The van der Waals surface area contributed by atoms with Gasteiger partial charge < -0.3 is 4.74 Å². The highest BCUT2D eigenvalue weighted by molar-refractivity contribution is 6.31. The number of Topliss-reactive ketones (excluding diaryl/α,β-unsaturated/α-hetero) is 1. The molecule has 0 aromatic heterocycles. The lowest BCUT2D eigenvalue weighted by molar-refractivity contribution is 0.0902. The SMILES string of the molecule is COCCN(CCC(=O)c1cccc(Cl)c1)C(C)C1CC1. The van der Waals surface area contributed by atoms with Crippen molar-refractivity contribution in [2.75, 3.05) is 26.8 Å². The average Bonchev–Trinajstić information content (AvgIpc) is 3.31. The van der Waals surface area contributed by atoms with Crippen molar-refractivity contribution in [1.29, 1.82) is 0 Å². The highest BCUT2D eigenvalue weighted by Gasteiger charge is 2.31. The van der Waals surface area contributed by atoms with Gasteiger partial charge in [-0.05, 0) is 37.8 Å². The van der Waals surface area contributed by atoms with Gasteiger partial charge in [-0.1, -0.05) is 23.7 Å². The molecule has 1 saturated carbocycles. The molecule has 1 aliphatic rings. The molecular weight excluding hydrogens is 286 g/mol. The summed E-state index contributed by atoms with van der Waals surface area (Å²) >= 11 is 5.94. The molecule has 1 aliphatic carbocycles. The van der Waals surface area contributed by atoms with E-state index in [0.717, 1.165) is 19.0 Å². The van der Waals surface area contributed by atoms with Crippen LogP contribution in [-0.4, -0.2) is 43.5 Å². The number of carbonyl (C=O) groups excluding carboxylic acids is 1. The van der Waals surface area contributed by atoms with Crippen molar-refractivity contribution in [3.63, 3.8) is 0 Å². The van der Waals surface area contributed by atoms with Gasteiger partial charge in [0.15, 0.2) is 5.78 Å². The van der Waals surface area contributed by atoms with Gasteiger partial charge in [-0.25, -0.2) is 0 Å². The van der Waals surface area contributed by atoms with Crippen LogP contribution in [-0.2, 0) is 4.74 Å². The summed E-state index contributed by atoms with van der Waals surface area (Å²) in [5.41, 5.74) is 0.702. The van der Waals surface area contributed by atoms with Crippen molar-refractivity contribution in [2.24, 2.45) is 5.92 Å². The molecule has 0 N–H and O–H groups in total. The summed E-state index contributed by atoms with van der Waals surface area (Å²) in [4.78, 5) is 14.6. The van der Waals surface area contributed by atoms with E-state index in [0.29, 0.717) is 29.7 Å². The second kappa shape index (κ2) is 7.92. The van der Waals surface area contributed by atoms with Crippen LogP contribution in [0.5, 0.6) is 0 Å². The minimum Gasteiger partial charge on any atom is -0.383 e. The standard InChI is InChI=1S/C17H24ClNO2/c1-13(14-6-7-14)19(10-11-21-2)9-8-17(20)15-4-3-5-16(18)12-15/h3-5,12-14H,6-11H2,1-2H3. The van der Waals surface area contributed by atoms with Crippen LogP contribution in [0.4, 0.5) is 0 Å². The smallest absolute Gasteiger partial charge is 0.164 e. The number of halogens is 1. The van der Waals surface area contributed by atoms with Gasteiger partial charge in [0.1, 0.15) is 0 Å². The monoisotopic (exact) mass is 309 g/mol. The van der Waals surface area contributed by atoms with E-state index in [4.69, 9.17) is 16.3 Å². The Balaban J connectivity index is 1.89. The highest BCUT2D eigenvalue weighted by Crippen LogP contribution is 2.35. The molecule has 1 unspecified atom stereocenters. The number of hydrogen-bond donors (Lipinski definition) is 0. The molecule has 0 radical (unpaired) electrons. The third kappa shape index (κ3) is 5.10. The third-order valence-electron chi connectivity index (χ3n) is 4.24. The predicted octanol–water partition coefficient (Wildman–Crippen LogP) is 3.66. The first-order valence-electron chi connectivity index (χ1n) is 7.63. The summed E-state index contributed by atoms with van der Waals surface area (Å²) in [5.74, 6) is 0.950. The van der Waals surface area contributed by atoms with Crippen LogP contribution in [0, 0.1) is 5.92 Å². The molecule has 2 rings (SSSR count). The van der Waals surface area contributed by atoms with Crippen molar-refractivity contribution in [2.45, 2.75) is 32.2 Å². The van der Waals surface area contributed by atoms with Gasteiger partial charge in [0.05, 0.1) is 6.61 Å². The fourth-order valence-corrected chi connectivity index (χ4v) is 2.85. The van der Waals surface area contributed by atoms with Gasteiger partial charge >= 0.3 is 0 Å². The van der Waals surface area contributed by atoms with Crippen molar-refractivity contribution >= 4 is 17.4 Å². The molecule has 1 atom stereocenters. The summed E-state index contributed by atoms with van der Waals surface area (Å²) in [6, 6.07) is 7.72. The Morgan fingerprint density at radius 3 is 2.81 bits per heavy atom. The maximum Gasteiger partial charge on any atom is 0.164 e. The second-order valence-electron chi connectivity index (χ2n) is 5.79.